The Hall–Kier alpha value is -2.18. The predicted molar refractivity (Wildman–Crippen MR) is 82.1 cm³/mol. The Bertz CT molecular complexity index is 615. The topological polar surface area (TPSA) is 91.2 Å². The van der Waals surface area contributed by atoms with Gasteiger partial charge in [-0.15, -0.1) is 0 Å². The van der Waals surface area contributed by atoms with Crippen molar-refractivity contribution in [2.45, 2.75) is 44.6 Å². The summed E-state index contributed by atoms with van der Waals surface area (Å²) in [6, 6.07) is 0. The van der Waals surface area contributed by atoms with Crippen molar-refractivity contribution in [1.82, 2.24) is 14.9 Å². The van der Waals surface area contributed by atoms with E-state index in [0.717, 1.165) is 5.69 Å². The highest BCUT2D eigenvalue weighted by Gasteiger charge is 2.48. The molecule has 0 unspecified atom stereocenters. The van der Waals surface area contributed by atoms with E-state index < -0.39 is 11.0 Å². The normalized spacial score (nSPS) is 19.8. The van der Waals surface area contributed by atoms with Crippen LogP contribution in [0, 0.1) is 5.41 Å². The van der Waals surface area contributed by atoms with Crippen molar-refractivity contribution in [1.29, 1.82) is 5.41 Å². The Labute approximate surface area is 129 Å². The maximum atomic E-state index is 12.2. The summed E-state index contributed by atoms with van der Waals surface area (Å²) < 4.78 is 5.41. The van der Waals surface area contributed by atoms with E-state index in [9.17, 15) is 4.79 Å². The molecule has 0 bridgehead atoms. The van der Waals surface area contributed by atoms with E-state index in [-0.39, 0.29) is 6.09 Å². The van der Waals surface area contributed by atoms with Crippen molar-refractivity contribution < 1.29 is 9.53 Å². The first kappa shape index (κ1) is 14.7. The number of nitrogens with zero attached hydrogens (tertiary/aromatic N) is 3. The zero-order chi connectivity index (χ0) is 16.0. The average molecular weight is 303 g/mol. The van der Waals surface area contributed by atoms with Gasteiger partial charge < -0.3 is 15.0 Å². The van der Waals surface area contributed by atoms with E-state index in [2.05, 4.69) is 15.3 Å². The summed E-state index contributed by atoms with van der Waals surface area (Å²) in [6.45, 7) is 6.68. The van der Waals surface area contributed by atoms with Gasteiger partial charge in [-0.1, -0.05) is 0 Å². The molecule has 1 spiro atoms. The Morgan fingerprint density at radius 3 is 2.59 bits per heavy atom. The van der Waals surface area contributed by atoms with Crippen molar-refractivity contribution in [3.05, 3.63) is 18.1 Å². The Kier molecular flexibility index (Phi) is 3.30. The van der Waals surface area contributed by atoms with E-state index in [1.54, 1.807) is 17.3 Å². The third kappa shape index (κ3) is 2.40. The quantitative estimate of drug-likeness (QED) is 0.766. The zero-order valence-corrected chi connectivity index (χ0v) is 13.1. The van der Waals surface area contributed by atoms with Gasteiger partial charge in [0.05, 0.1) is 11.1 Å². The lowest BCUT2D eigenvalue weighted by molar-refractivity contribution is 0.0189. The first-order valence-corrected chi connectivity index (χ1v) is 7.47. The van der Waals surface area contributed by atoms with Crippen molar-refractivity contribution in [2.24, 2.45) is 0 Å². The van der Waals surface area contributed by atoms with Gasteiger partial charge in [-0.25, -0.2) is 9.78 Å². The number of nitrogens with one attached hydrogen (secondary N) is 2. The fourth-order valence-corrected chi connectivity index (χ4v) is 3.02. The van der Waals surface area contributed by atoms with Crippen LogP contribution in [-0.4, -0.2) is 45.5 Å². The van der Waals surface area contributed by atoms with Crippen LogP contribution in [-0.2, 0) is 10.2 Å². The number of fused-ring (bicyclic) bond motifs is 2. The molecule has 3 heterocycles. The molecule has 0 aliphatic carbocycles. The number of hydrogen-bond donors (Lipinski definition) is 2. The number of carbonyl (C=O) groups is 1. The minimum atomic E-state index is -0.494. The Balaban J connectivity index is 1.74. The largest absolute Gasteiger partial charge is 0.444 e. The minimum absolute atomic E-state index is 0.292. The number of carbonyl (C=O) groups excluding carboxylic acids is 1. The van der Waals surface area contributed by atoms with Gasteiger partial charge in [-0.05, 0) is 33.6 Å². The number of amides is 1. The number of aromatic nitrogens is 2. The van der Waals surface area contributed by atoms with Crippen LogP contribution in [0.3, 0.4) is 0 Å². The summed E-state index contributed by atoms with van der Waals surface area (Å²) in [5.41, 5.74) is -0.113. The lowest BCUT2D eigenvalue weighted by Crippen LogP contribution is -2.49. The van der Waals surface area contributed by atoms with Crippen LogP contribution in [0.2, 0.25) is 0 Å². The molecule has 0 radical (unpaired) electrons. The lowest BCUT2D eigenvalue weighted by atomic mass is 9.76. The summed E-state index contributed by atoms with van der Waals surface area (Å²) in [6.07, 6.45) is 4.29. The molecule has 1 aromatic rings. The van der Waals surface area contributed by atoms with Crippen LogP contribution in [0.4, 0.5) is 10.6 Å². The first-order valence-electron chi connectivity index (χ1n) is 7.47. The van der Waals surface area contributed by atoms with E-state index in [1.165, 1.54) is 0 Å². The fourth-order valence-electron chi connectivity index (χ4n) is 3.02. The number of likely N-dealkylation sites (tertiary alicyclic amines) is 1. The molecule has 1 aromatic heterocycles. The SMILES string of the molecule is CC(C)(C)OC(=O)N1CCC2(CC1)C(=N)Nc1nccnc12. The van der Waals surface area contributed by atoms with Crippen molar-refractivity contribution in [2.75, 3.05) is 18.4 Å². The molecule has 7 nitrogen and oxygen atoms in total. The fraction of sp³-hybridized carbons (Fsp3) is 0.600. The van der Waals surface area contributed by atoms with Gasteiger partial charge in [-0.2, -0.15) is 0 Å². The van der Waals surface area contributed by atoms with Gasteiger partial charge in [-0.3, -0.25) is 10.4 Å². The Morgan fingerprint density at radius 2 is 1.95 bits per heavy atom. The van der Waals surface area contributed by atoms with Crippen LogP contribution in [0.1, 0.15) is 39.3 Å². The molecule has 0 aromatic carbocycles. The molecular formula is C15H21N5O2. The molecule has 7 heteroatoms. The summed E-state index contributed by atoms with van der Waals surface area (Å²) in [5.74, 6) is 1.09. The molecule has 0 saturated carbocycles. The molecule has 2 aliphatic heterocycles. The monoisotopic (exact) mass is 303 g/mol. The second-order valence-electron chi connectivity index (χ2n) is 6.80. The van der Waals surface area contributed by atoms with Gasteiger partial charge in [0.15, 0.2) is 5.82 Å². The second-order valence-corrected chi connectivity index (χ2v) is 6.80. The van der Waals surface area contributed by atoms with Gasteiger partial charge in [0.1, 0.15) is 11.4 Å². The number of ether oxygens (including phenoxy) is 1. The molecule has 22 heavy (non-hydrogen) atoms. The molecular weight excluding hydrogens is 282 g/mol. The van der Waals surface area contributed by atoms with Gasteiger partial charge in [0.25, 0.3) is 0 Å². The number of rotatable bonds is 0. The highest BCUT2D eigenvalue weighted by molar-refractivity contribution is 6.06. The number of amidine groups is 1. The molecule has 118 valence electrons. The smallest absolute Gasteiger partial charge is 0.410 e. The van der Waals surface area contributed by atoms with E-state index >= 15 is 0 Å². The maximum absolute atomic E-state index is 12.2. The van der Waals surface area contributed by atoms with Crippen LogP contribution >= 0.6 is 0 Å². The molecule has 2 N–H and O–H groups in total. The number of hydrogen-bond acceptors (Lipinski definition) is 5. The average Bonchev–Trinajstić information content (AvgIpc) is 2.71. The first-order chi connectivity index (χ1) is 10.3. The van der Waals surface area contributed by atoms with Gasteiger partial charge >= 0.3 is 6.09 Å². The van der Waals surface area contributed by atoms with E-state index in [4.69, 9.17) is 10.1 Å². The number of anilines is 1. The highest BCUT2D eigenvalue weighted by atomic mass is 16.6. The highest BCUT2D eigenvalue weighted by Crippen LogP contribution is 2.42. The molecule has 1 fully saturated rings. The summed E-state index contributed by atoms with van der Waals surface area (Å²) in [4.78, 5) is 22.5. The van der Waals surface area contributed by atoms with Crippen molar-refractivity contribution >= 4 is 17.7 Å². The van der Waals surface area contributed by atoms with Crippen LogP contribution in [0.25, 0.3) is 0 Å². The number of piperidine rings is 1. The predicted octanol–water partition coefficient (Wildman–Crippen LogP) is 2.15. The summed E-state index contributed by atoms with van der Waals surface area (Å²) >= 11 is 0. The third-order valence-electron chi connectivity index (χ3n) is 4.14. The van der Waals surface area contributed by atoms with Crippen molar-refractivity contribution in [3.8, 4) is 0 Å². The van der Waals surface area contributed by atoms with Crippen LogP contribution < -0.4 is 5.32 Å². The zero-order valence-electron chi connectivity index (χ0n) is 13.1. The van der Waals surface area contributed by atoms with E-state index in [0.29, 0.717) is 37.6 Å². The minimum Gasteiger partial charge on any atom is -0.444 e. The third-order valence-corrected chi connectivity index (χ3v) is 4.14. The maximum Gasteiger partial charge on any atom is 0.410 e. The van der Waals surface area contributed by atoms with Gasteiger partial charge in [0.2, 0.25) is 0 Å². The molecule has 1 saturated heterocycles. The Morgan fingerprint density at radius 1 is 1.32 bits per heavy atom. The standard InChI is InChI=1S/C15H21N5O2/c1-14(2,3)22-13(21)20-8-4-15(5-9-20)10-11(19-12(15)16)18-7-6-17-10/h6-7H,4-5,8-9H2,1-3H3,(H2,16,18,19). The van der Waals surface area contributed by atoms with Crippen LogP contribution in [0.5, 0.6) is 0 Å². The molecule has 1 amide bonds. The summed E-state index contributed by atoms with van der Waals surface area (Å²) in [7, 11) is 0. The second kappa shape index (κ2) is 4.93. The van der Waals surface area contributed by atoms with Crippen LogP contribution in [0.15, 0.2) is 12.4 Å². The lowest BCUT2D eigenvalue weighted by Gasteiger charge is -2.38. The van der Waals surface area contributed by atoms with Gasteiger partial charge in [0, 0.05) is 25.5 Å². The molecule has 3 rings (SSSR count). The molecule has 0 atom stereocenters. The molecule has 2 aliphatic rings. The van der Waals surface area contributed by atoms with E-state index in [1.807, 2.05) is 20.8 Å². The summed E-state index contributed by atoms with van der Waals surface area (Å²) in [5, 5.41) is 11.3. The van der Waals surface area contributed by atoms with Crippen molar-refractivity contribution in [3.63, 3.8) is 0 Å².